The van der Waals surface area contributed by atoms with Crippen molar-refractivity contribution in [3.63, 3.8) is 0 Å². The van der Waals surface area contributed by atoms with E-state index in [2.05, 4.69) is 4.99 Å². The van der Waals surface area contributed by atoms with Gasteiger partial charge in [0, 0.05) is 12.1 Å². The van der Waals surface area contributed by atoms with Crippen molar-refractivity contribution >= 4 is 17.4 Å². The van der Waals surface area contributed by atoms with E-state index in [0.717, 1.165) is 17.5 Å². The summed E-state index contributed by atoms with van der Waals surface area (Å²) in [5, 5.41) is 0. The second-order valence-corrected chi connectivity index (χ2v) is 3.95. The van der Waals surface area contributed by atoms with Crippen LogP contribution in [0.15, 0.2) is 17.1 Å². The quantitative estimate of drug-likeness (QED) is 0.679. The van der Waals surface area contributed by atoms with Crippen LogP contribution in [0.3, 0.4) is 0 Å². The van der Waals surface area contributed by atoms with Crippen LogP contribution in [-0.4, -0.2) is 31.9 Å². The first-order valence-electron chi connectivity index (χ1n) is 6.85. The minimum Gasteiger partial charge on any atom is -0.495 e. The van der Waals surface area contributed by atoms with Crippen molar-refractivity contribution in [3.05, 3.63) is 23.3 Å². The van der Waals surface area contributed by atoms with Crippen molar-refractivity contribution < 1.29 is 14.3 Å². The van der Waals surface area contributed by atoms with Crippen molar-refractivity contribution in [2.24, 2.45) is 4.99 Å². The molecule has 20 heavy (non-hydrogen) atoms. The maximum atomic E-state index is 11.8. The van der Waals surface area contributed by atoms with Crippen LogP contribution in [0.2, 0.25) is 0 Å². The molecule has 1 aliphatic rings. The summed E-state index contributed by atoms with van der Waals surface area (Å²) in [5.41, 5.74) is 8.47. The molecule has 5 nitrogen and oxygen atoms in total. The van der Waals surface area contributed by atoms with Gasteiger partial charge in [0.05, 0.1) is 19.4 Å². The van der Waals surface area contributed by atoms with Crippen LogP contribution in [0.25, 0.3) is 0 Å². The number of methoxy groups -OCH3 is 1. The summed E-state index contributed by atoms with van der Waals surface area (Å²) >= 11 is 0. The molecule has 1 aliphatic heterocycles. The second kappa shape index (κ2) is 7.53. The Balaban J connectivity index is 0.000000956. The van der Waals surface area contributed by atoms with Crippen molar-refractivity contribution in [1.29, 1.82) is 0 Å². The molecular weight excluding hydrogens is 256 g/mol. The first-order valence-corrected chi connectivity index (χ1v) is 6.85. The van der Waals surface area contributed by atoms with Gasteiger partial charge in [0.2, 0.25) is 0 Å². The molecule has 0 bridgehead atoms. The number of nitrogens with zero attached hydrogens (tertiary/aromatic N) is 1. The molecule has 0 atom stereocenters. The number of carbonyl (C=O) groups excluding carboxylic acids is 1. The Kier molecular flexibility index (Phi) is 6.03. The minimum absolute atomic E-state index is 0.332. The highest BCUT2D eigenvalue weighted by atomic mass is 16.5. The zero-order valence-electron chi connectivity index (χ0n) is 12.5. The lowest BCUT2D eigenvalue weighted by atomic mass is 9.96. The van der Waals surface area contributed by atoms with E-state index in [1.54, 1.807) is 20.1 Å². The standard InChI is InChI=1S/C13H16N2O3.C2H6/c1-3-18-13(16)12-9-7-10(14)11(17-2)6-8(9)4-5-15-12;1-2/h6-7H,3-5,14H2,1-2H3;1-2H3. The van der Waals surface area contributed by atoms with Crippen LogP contribution < -0.4 is 10.5 Å². The van der Waals surface area contributed by atoms with E-state index >= 15 is 0 Å². The highest BCUT2D eigenvalue weighted by molar-refractivity contribution is 6.44. The Bertz CT molecular complexity index is 510. The van der Waals surface area contributed by atoms with Crippen LogP contribution in [0.4, 0.5) is 5.69 Å². The van der Waals surface area contributed by atoms with Crippen molar-refractivity contribution in [1.82, 2.24) is 0 Å². The van der Waals surface area contributed by atoms with E-state index in [4.69, 9.17) is 15.2 Å². The van der Waals surface area contributed by atoms with Gasteiger partial charge in [0.1, 0.15) is 5.75 Å². The first kappa shape index (κ1) is 16.0. The molecule has 1 heterocycles. The van der Waals surface area contributed by atoms with Gasteiger partial charge in [-0.25, -0.2) is 4.79 Å². The van der Waals surface area contributed by atoms with E-state index < -0.39 is 5.97 Å². The van der Waals surface area contributed by atoms with Gasteiger partial charge < -0.3 is 15.2 Å². The molecule has 110 valence electrons. The van der Waals surface area contributed by atoms with E-state index in [-0.39, 0.29) is 0 Å². The number of aliphatic imine (C=N–C) groups is 1. The SMILES string of the molecule is CC.CCOC(=O)C1=NCCc2cc(OC)c(N)cc21. The average molecular weight is 278 g/mol. The number of anilines is 1. The molecule has 0 aromatic heterocycles. The van der Waals surface area contributed by atoms with Crippen LogP contribution in [0, 0.1) is 0 Å². The van der Waals surface area contributed by atoms with Gasteiger partial charge in [0.15, 0.2) is 5.71 Å². The van der Waals surface area contributed by atoms with E-state index in [0.29, 0.717) is 30.3 Å². The van der Waals surface area contributed by atoms with Gasteiger partial charge in [-0.2, -0.15) is 0 Å². The normalized spacial score (nSPS) is 12.5. The molecule has 2 rings (SSSR count). The fourth-order valence-electron chi connectivity index (χ4n) is 1.99. The first-order chi connectivity index (χ1) is 9.67. The van der Waals surface area contributed by atoms with Crippen LogP contribution >= 0.6 is 0 Å². The molecular formula is C15H22N2O3. The Morgan fingerprint density at radius 3 is 2.70 bits per heavy atom. The number of ether oxygens (including phenoxy) is 2. The lowest BCUT2D eigenvalue weighted by molar-refractivity contribution is -0.134. The van der Waals surface area contributed by atoms with Crippen molar-refractivity contribution in [3.8, 4) is 5.75 Å². The van der Waals surface area contributed by atoms with Gasteiger partial charge in [-0.15, -0.1) is 0 Å². The molecule has 5 heteroatoms. The molecule has 0 saturated heterocycles. The Labute approximate surface area is 119 Å². The van der Waals surface area contributed by atoms with E-state index in [9.17, 15) is 4.79 Å². The highest BCUT2D eigenvalue weighted by Gasteiger charge is 2.23. The summed E-state index contributed by atoms with van der Waals surface area (Å²) in [7, 11) is 1.57. The fourth-order valence-corrected chi connectivity index (χ4v) is 1.99. The molecule has 0 amide bonds. The van der Waals surface area contributed by atoms with Gasteiger partial charge in [-0.05, 0) is 31.0 Å². The summed E-state index contributed by atoms with van der Waals surface area (Å²) in [4.78, 5) is 16.0. The second-order valence-electron chi connectivity index (χ2n) is 3.95. The summed E-state index contributed by atoms with van der Waals surface area (Å²) in [5.74, 6) is 0.224. The number of fused-ring (bicyclic) bond motifs is 1. The maximum absolute atomic E-state index is 11.8. The Morgan fingerprint density at radius 1 is 1.40 bits per heavy atom. The Morgan fingerprint density at radius 2 is 2.10 bits per heavy atom. The highest BCUT2D eigenvalue weighted by Crippen LogP contribution is 2.28. The lowest BCUT2D eigenvalue weighted by Gasteiger charge is -2.18. The number of hydrogen-bond acceptors (Lipinski definition) is 5. The zero-order chi connectivity index (χ0) is 15.1. The number of nitrogen functional groups attached to an aromatic ring is 1. The number of esters is 1. The summed E-state index contributed by atoms with van der Waals surface area (Å²) < 4.78 is 10.2. The third-order valence-electron chi connectivity index (χ3n) is 2.83. The predicted octanol–water partition coefficient (Wildman–Crippen LogP) is 2.21. The van der Waals surface area contributed by atoms with Crippen molar-refractivity contribution in [2.75, 3.05) is 26.0 Å². The zero-order valence-corrected chi connectivity index (χ0v) is 12.5. The summed E-state index contributed by atoms with van der Waals surface area (Å²) in [6.45, 7) is 6.68. The smallest absolute Gasteiger partial charge is 0.357 e. The van der Waals surface area contributed by atoms with Crippen LogP contribution in [0.5, 0.6) is 5.75 Å². The summed E-state index contributed by atoms with van der Waals surface area (Å²) in [6.07, 6.45) is 0.773. The molecule has 0 fully saturated rings. The maximum Gasteiger partial charge on any atom is 0.357 e. The lowest BCUT2D eigenvalue weighted by Crippen LogP contribution is -2.24. The van der Waals surface area contributed by atoms with Gasteiger partial charge >= 0.3 is 5.97 Å². The largest absolute Gasteiger partial charge is 0.495 e. The topological polar surface area (TPSA) is 73.9 Å². The van der Waals surface area contributed by atoms with E-state index in [1.165, 1.54) is 0 Å². The van der Waals surface area contributed by atoms with Crippen LogP contribution in [-0.2, 0) is 16.0 Å². The van der Waals surface area contributed by atoms with Gasteiger partial charge in [-0.1, -0.05) is 13.8 Å². The van der Waals surface area contributed by atoms with Gasteiger partial charge in [0.25, 0.3) is 0 Å². The Hall–Kier alpha value is -2.04. The molecule has 0 saturated carbocycles. The number of benzene rings is 1. The number of hydrogen-bond donors (Lipinski definition) is 1. The molecule has 0 unspecified atom stereocenters. The molecule has 2 N–H and O–H groups in total. The van der Waals surface area contributed by atoms with E-state index in [1.807, 2.05) is 19.9 Å². The molecule has 1 aromatic carbocycles. The fraction of sp³-hybridized carbons (Fsp3) is 0.467. The third kappa shape index (κ3) is 3.29. The molecule has 0 aliphatic carbocycles. The predicted molar refractivity (Wildman–Crippen MR) is 80.5 cm³/mol. The molecule has 0 spiro atoms. The monoisotopic (exact) mass is 278 g/mol. The number of carbonyl (C=O) groups is 1. The van der Waals surface area contributed by atoms with Crippen LogP contribution in [0.1, 0.15) is 31.9 Å². The minimum atomic E-state index is -0.400. The molecule has 0 radical (unpaired) electrons. The molecule has 1 aromatic rings. The summed E-state index contributed by atoms with van der Waals surface area (Å²) in [6, 6.07) is 3.58. The number of rotatable bonds is 3. The van der Waals surface area contributed by atoms with Gasteiger partial charge in [-0.3, -0.25) is 4.99 Å². The number of nitrogens with two attached hydrogens (primary N) is 1. The third-order valence-corrected chi connectivity index (χ3v) is 2.83. The average Bonchev–Trinajstić information content (AvgIpc) is 2.48. The van der Waals surface area contributed by atoms with Crippen molar-refractivity contribution in [2.45, 2.75) is 27.2 Å².